The van der Waals surface area contributed by atoms with Crippen LogP contribution >= 0.6 is 0 Å². The molecule has 1 saturated heterocycles. The van der Waals surface area contributed by atoms with Crippen molar-refractivity contribution in [3.05, 3.63) is 83.3 Å². The van der Waals surface area contributed by atoms with E-state index in [0.717, 1.165) is 50.4 Å². The lowest BCUT2D eigenvalue weighted by Gasteiger charge is -2.43. The van der Waals surface area contributed by atoms with E-state index in [1.165, 1.54) is 22.3 Å². The summed E-state index contributed by atoms with van der Waals surface area (Å²) in [4.78, 5) is 11.4. The lowest BCUT2D eigenvalue weighted by atomic mass is 9.73. The lowest BCUT2D eigenvalue weighted by Crippen LogP contribution is -2.44. The molecular weight excluding hydrogens is 741 g/mol. The highest BCUT2D eigenvalue weighted by molar-refractivity contribution is 5.62. The summed E-state index contributed by atoms with van der Waals surface area (Å²) < 4.78 is 0. The number of benzene rings is 1. The molecule has 10 nitrogen and oxygen atoms in total. The highest BCUT2D eigenvalue weighted by atomic mass is 15.5. The molecule has 1 atom stereocenters. The van der Waals surface area contributed by atoms with Gasteiger partial charge in [-0.3, -0.25) is 4.98 Å². The van der Waals surface area contributed by atoms with Crippen LogP contribution < -0.4 is 21.8 Å². The largest absolute Gasteiger partial charge is 0.381 e. The third-order valence-electron chi connectivity index (χ3n) is 8.58. The zero-order valence-electron chi connectivity index (χ0n) is 33.0. The van der Waals surface area contributed by atoms with Gasteiger partial charge in [-0.25, -0.2) is 4.98 Å². The molecule has 10 heteroatoms. The quantitative estimate of drug-likeness (QED) is 0.0885. The van der Waals surface area contributed by atoms with Gasteiger partial charge in [0.05, 0.1) is 0 Å². The molecule has 0 bridgehead atoms. The van der Waals surface area contributed by atoms with Crippen molar-refractivity contribution < 1.29 is 17.1 Å². The maximum absolute atomic E-state index is 6.74. The molecule has 2 aliphatic rings. The average Bonchev–Trinajstić information content (AvgIpc) is 3.55. The number of pyridine rings is 2. The minimum absolute atomic E-state index is 0. The molecule has 60 heavy (non-hydrogen) atoms. The van der Waals surface area contributed by atoms with Gasteiger partial charge >= 0.3 is 0 Å². The first-order valence-electron chi connectivity index (χ1n) is 18.0. The van der Waals surface area contributed by atoms with E-state index < -0.39 is 0 Å². The van der Waals surface area contributed by atoms with Crippen molar-refractivity contribution in [2.24, 2.45) is 32.7 Å². The summed E-state index contributed by atoms with van der Waals surface area (Å²) >= 11 is 0. The number of hydrogen-bond donors (Lipinski definition) is 4. The number of aromatic nitrogens is 2. The van der Waals surface area contributed by atoms with Crippen molar-refractivity contribution in [1.82, 2.24) is 9.97 Å². The lowest BCUT2D eigenvalue weighted by molar-refractivity contribution is 0.187. The predicted molar refractivity (Wildman–Crippen MR) is 261 cm³/mol. The fraction of sp³-hybridized carbons (Fsp3) is 0.200. The number of rotatable bonds is 5. The van der Waals surface area contributed by atoms with Crippen LogP contribution in [0.3, 0.4) is 0 Å². The number of piperidine rings is 1. The maximum Gasteiger partial charge on any atom is 0.133 e. The number of fused-ring (bicyclic) bond motifs is 1. The number of nitrogens with one attached hydrogen (secondary N) is 2. The molecule has 0 radical (unpaired) electrons. The zero-order valence-corrected chi connectivity index (χ0v) is 33.0. The Morgan fingerprint density at radius 3 is 1.82 bits per heavy atom. The highest BCUT2D eigenvalue weighted by Crippen LogP contribution is 2.51. The van der Waals surface area contributed by atoms with Crippen molar-refractivity contribution in [3.8, 4) is 143 Å². The van der Waals surface area contributed by atoms with Crippen LogP contribution in [-0.4, -0.2) is 23.1 Å². The SMILES string of the molecule is C#CC#CC#CC#CC#CC#CC#CC#CC#CC#CC#CC#CC.Cc1c(NCc2cccnc2)ccnc1N1CCC2(CC1)Cc1ccccc1[C@H]2N.N=N/N=N/N.[HH].[HH].[HH].[HH].[HH].[HH].[HH].[HH].[HH].[HH].[HH].[HH]. The normalized spacial score (nSPS) is 12.2. The third kappa shape index (κ3) is 15.9. The Morgan fingerprint density at radius 1 is 0.800 bits per heavy atom. The molecule has 1 aliphatic carbocycles. The van der Waals surface area contributed by atoms with Crippen LogP contribution in [0.1, 0.15) is 65.2 Å². The molecular formula is C50H60N10. The van der Waals surface area contributed by atoms with Crippen molar-refractivity contribution >= 4 is 11.5 Å². The summed E-state index contributed by atoms with van der Waals surface area (Å²) in [5, 5.41) is 11.3. The van der Waals surface area contributed by atoms with Gasteiger partial charge in [0.25, 0.3) is 0 Å². The molecule has 2 aromatic heterocycles. The van der Waals surface area contributed by atoms with E-state index >= 15 is 0 Å². The molecule has 0 amide bonds. The Balaban J connectivity index is -0.000000107. The molecule has 6 N–H and O–H groups in total. The minimum atomic E-state index is 0. The van der Waals surface area contributed by atoms with Crippen LogP contribution in [0.5, 0.6) is 0 Å². The zero-order chi connectivity index (χ0) is 42.9. The van der Waals surface area contributed by atoms with Crippen LogP contribution in [0.25, 0.3) is 0 Å². The first-order valence-corrected chi connectivity index (χ1v) is 18.0. The minimum Gasteiger partial charge on any atom is -0.381 e. The number of nitrogens with two attached hydrogens (primary N) is 2. The summed E-state index contributed by atoms with van der Waals surface area (Å²) in [7, 11) is 0. The van der Waals surface area contributed by atoms with Crippen LogP contribution in [-0.2, 0) is 13.0 Å². The van der Waals surface area contributed by atoms with Gasteiger partial charge in [0.1, 0.15) is 5.82 Å². The molecule has 5 rings (SSSR count). The Labute approximate surface area is 371 Å². The smallest absolute Gasteiger partial charge is 0.133 e. The number of nitrogens with zero attached hydrogens (tertiary/aromatic N) is 6. The molecule has 3 heterocycles. The van der Waals surface area contributed by atoms with Crippen LogP contribution in [0, 0.1) is 160 Å². The summed E-state index contributed by atoms with van der Waals surface area (Å²) in [5.41, 5.74) is 19.1. The monoisotopic (exact) mass is 801 g/mol. The molecule has 1 aliphatic heterocycles. The van der Waals surface area contributed by atoms with Crippen LogP contribution in [0.15, 0.2) is 76.7 Å². The van der Waals surface area contributed by atoms with Crippen molar-refractivity contribution in [3.63, 3.8) is 0 Å². The van der Waals surface area contributed by atoms with E-state index in [4.69, 9.17) is 22.7 Å². The van der Waals surface area contributed by atoms with Gasteiger partial charge in [0.15, 0.2) is 0 Å². The van der Waals surface area contributed by atoms with E-state index in [1.54, 1.807) is 13.1 Å². The van der Waals surface area contributed by atoms with E-state index in [-0.39, 0.29) is 28.6 Å². The number of anilines is 2. The van der Waals surface area contributed by atoms with Crippen LogP contribution in [0.4, 0.5) is 11.5 Å². The van der Waals surface area contributed by atoms with E-state index in [9.17, 15) is 0 Å². The molecule has 3 aromatic rings. The van der Waals surface area contributed by atoms with Gasteiger partial charge in [-0.15, -0.1) is 6.42 Å². The molecule has 310 valence electrons. The molecule has 1 fully saturated rings. The Morgan fingerprint density at radius 2 is 1.35 bits per heavy atom. The average molecular weight is 801 g/mol. The Bertz CT molecular complexity index is 2850. The predicted octanol–water partition coefficient (Wildman–Crippen LogP) is 8.13. The van der Waals surface area contributed by atoms with Gasteiger partial charge < -0.3 is 21.8 Å². The fourth-order valence-electron chi connectivity index (χ4n) is 5.92. The summed E-state index contributed by atoms with van der Waals surface area (Å²) in [5.74, 6) is 62.4. The first-order chi connectivity index (χ1) is 29.5. The van der Waals surface area contributed by atoms with Crippen LogP contribution in [0.2, 0.25) is 0 Å². The van der Waals surface area contributed by atoms with E-state index in [1.807, 2.05) is 18.5 Å². The number of terminal acetylenes is 1. The topological polar surface area (TPSA) is 154 Å². The second-order valence-corrected chi connectivity index (χ2v) is 12.0. The molecule has 1 aromatic carbocycles. The molecule has 0 saturated carbocycles. The van der Waals surface area contributed by atoms with Gasteiger partial charge in [-0.05, 0) is 173 Å². The highest BCUT2D eigenvalue weighted by Gasteiger charge is 2.46. The van der Waals surface area contributed by atoms with Crippen molar-refractivity contribution in [2.75, 3.05) is 23.3 Å². The van der Waals surface area contributed by atoms with Crippen molar-refractivity contribution in [1.29, 1.82) is 5.53 Å². The first kappa shape index (κ1) is 45.2. The van der Waals surface area contributed by atoms with Crippen molar-refractivity contribution in [2.45, 2.75) is 45.7 Å². The van der Waals surface area contributed by atoms with Gasteiger partial charge in [-0.2, -0.15) is 5.53 Å². The summed E-state index contributed by atoms with van der Waals surface area (Å²) in [6.07, 6.45) is 13.8. The number of hydrogen-bond acceptors (Lipinski definition) is 7. The van der Waals surface area contributed by atoms with Gasteiger partial charge in [0, 0.05) is 108 Å². The Hall–Kier alpha value is -9.20. The molecule has 0 unspecified atom stereocenters. The third-order valence-corrected chi connectivity index (χ3v) is 8.58. The van der Waals surface area contributed by atoms with Gasteiger partial charge in [-0.1, -0.05) is 41.5 Å². The second kappa shape index (κ2) is 27.4. The standard InChI is InChI=1S/C25H29N5.C25H4.H3N5.12H2/c1-18-22(29-17-19-5-4-11-27-16-19)8-12-28-24(18)30-13-9-25(10-14-30)15-20-6-2-3-7-21(20)23(25)26;1-3-5-7-9-11-13-15-17-19-21-23-25-24-22-20-18-16-14-12-10-8-6-4-2;1-3-5-4-2;;;;;;;;;;;;/h2-8,11-12,16,23H,9-10,13-15,17,26H2,1H3,(H,28,29);1H,2H3;(H3,1,2,5);12*1H/t23-;;;;;;;;;;;;;;/m1............../s1. The van der Waals surface area contributed by atoms with Gasteiger partial charge in [0.2, 0.25) is 0 Å². The van der Waals surface area contributed by atoms with E-state index in [2.05, 4.69) is 216 Å². The van der Waals surface area contributed by atoms with E-state index in [0.29, 0.717) is 0 Å². The Kier molecular flexibility index (Phi) is 20.6. The second-order valence-electron chi connectivity index (χ2n) is 12.0. The molecule has 1 spiro atoms. The fourth-order valence-corrected chi connectivity index (χ4v) is 5.92. The summed E-state index contributed by atoms with van der Waals surface area (Å²) in [6, 6.07) is 15.0. The maximum atomic E-state index is 6.74. The summed E-state index contributed by atoms with van der Waals surface area (Å²) in [6.45, 7) is 6.62.